The highest BCUT2D eigenvalue weighted by atomic mass is 79.9. The van der Waals surface area contributed by atoms with Crippen LogP contribution in [0.15, 0.2) is 52.2 Å². The van der Waals surface area contributed by atoms with Crippen molar-refractivity contribution >= 4 is 33.4 Å². The lowest BCUT2D eigenvalue weighted by atomic mass is 10.1. The Balaban J connectivity index is 1.97. The molecule has 1 amide bonds. The Kier molecular flexibility index (Phi) is 3.23. The van der Waals surface area contributed by atoms with E-state index < -0.39 is 0 Å². The van der Waals surface area contributed by atoms with Gasteiger partial charge < -0.3 is 5.11 Å². The minimum absolute atomic E-state index is 0.115. The number of carbonyl (C=O) groups is 1. The summed E-state index contributed by atoms with van der Waals surface area (Å²) in [7, 11) is 0. The molecule has 2 heterocycles. The van der Waals surface area contributed by atoms with E-state index in [1.54, 1.807) is 42.6 Å². The zero-order valence-corrected chi connectivity index (χ0v) is 11.9. The van der Waals surface area contributed by atoms with E-state index in [1.165, 1.54) is 5.01 Å². The number of halogens is 1. The van der Waals surface area contributed by atoms with Crippen molar-refractivity contribution in [1.29, 1.82) is 0 Å². The van der Waals surface area contributed by atoms with Crippen molar-refractivity contribution in [2.75, 3.05) is 5.01 Å². The van der Waals surface area contributed by atoms with Crippen LogP contribution in [0.3, 0.4) is 0 Å². The summed E-state index contributed by atoms with van der Waals surface area (Å²) < 4.78 is 0.831. The molecule has 5 nitrogen and oxygen atoms in total. The van der Waals surface area contributed by atoms with Crippen LogP contribution in [-0.4, -0.2) is 21.7 Å². The normalized spacial score (nSPS) is 14.6. The van der Waals surface area contributed by atoms with E-state index in [0.29, 0.717) is 17.1 Å². The van der Waals surface area contributed by atoms with Crippen LogP contribution in [0.1, 0.15) is 12.0 Å². The van der Waals surface area contributed by atoms with E-state index in [0.717, 1.165) is 4.47 Å². The van der Waals surface area contributed by atoms with E-state index in [4.69, 9.17) is 0 Å². The first kappa shape index (κ1) is 12.8. The summed E-state index contributed by atoms with van der Waals surface area (Å²) >= 11 is 3.29. The molecule has 1 N–H and O–H groups in total. The number of carbonyl (C=O) groups excluding carboxylic acids is 1. The molecule has 1 aromatic carbocycles. The largest absolute Gasteiger partial charge is 0.507 e. The third-order valence-corrected chi connectivity index (χ3v) is 3.39. The molecule has 3 rings (SSSR count). The second-order valence-corrected chi connectivity index (χ2v) is 5.20. The van der Waals surface area contributed by atoms with Gasteiger partial charge in [0, 0.05) is 16.2 Å². The molecule has 0 atom stereocenters. The second-order valence-electron chi connectivity index (χ2n) is 4.28. The average molecular weight is 332 g/mol. The number of para-hydroxylation sites is 1. The van der Waals surface area contributed by atoms with Gasteiger partial charge in [-0.3, -0.25) is 4.79 Å². The Hall–Kier alpha value is -2.21. The van der Waals surface area contributed by atoms with E-state index in [2.05, 4.69) is 26.0 Å². The van der Waals surface area contributed by atoms with Crippen LogP contribution in [0.4, 0.5) is 5.82 Å². The number of hydrogen-bond acceptors (Lipinski definition) is 4. The highest BCUT2D eigenvalue weighted by Crippen LogP contribution is 2.25. The van der Waals surface area contributed by atoms with Crippen molar-refractivity contribution in [1.82, 2.24) is 4.98 Å². The van der Waals surface area contributed by atoms with E-state index in [1.807, 2.05) is 0 Å². The van der Waals surface area contributed by atoms with Crippen molar-refractivity contribution in [2.24, 2.45) is 5.10 Å². The first-order valence-corrected chi connectivity index (χ1v) is 6.75. The molecule has 0 spiro atoms. The van der Waals surface area contributed by atoms with Crippen molar-refractivity contribution in [3.8, 4) is 5.75 Å². The Morgan fingerprint density at radius 1 is 1.20 bits per heavy atom. The summed E-state index contributed by atoms with van der Waals surface area (Å²) in [5.74, 6) is 0.409. The Morgan fingerprint density at radius 2 is 2.00 bits per heavy atom. The number of hydrogen-bond donors (Lipinski definition) is 1. The molecule has 0 saturated heterocycles. The smallest absolute Gasteiger partial charge is 0.254 e. The number of aromatic hydroxyl groups is 1. The molecule has 0 radical (unpaired) electrons. The quantitative estimate of drug-likeness (QED) is 0.920. The number of amides is 1. The van der Waals surface area contributed by atoms with Gasteiger partial charge in [-0.1, -0.05) is 12.1 Å². The molecule has 0 aliphatic carbocycles. The van der Waals surface area contributed by atoms with Crippen LogP contribution in [0.25, 0.3) is 0 Å². The first-order valence-electron chi connectivity index (χ1n) is 5.95. The van der Waals surface area contributed by atoms with Crippen LogP contribution in [0.2, 0.25) is 0 Å². The van der Waals surface area contributed by atoms with Crippen molar-refractivity contribution in [3.05, 3.63) is 52.6 Å². The zero-order chi connectivity index (χ0) is 14.1. The molecule has 1 aromatic heterocycles. The third-order valence-electron chi connectivity index (χ3n) is 2.92. The summed E-state index contributed by atoms with van der Waals surface area (Å²) in [6.45, 7) is 0. The Bertz CT molecular complexity index is 698. The number of pyridine rings is 1. The van der Waals surface area contributed by atoms with Crippen LogP contribution in [-0.2, 0) is 4.79 Å². The fourth-order valence-corrected chi connectivity index (χ4v) is 2.20. The zero-order valence-electron chi connectivity index (χ0n) is 10.3. The number of nitrogens with zero attached hydrogens (tertiary/aromatic N) is 3. The molecule has 0 fully saturated rings. The maximum absolute atomic E-state index is 12.0. The molecule has 1 aliphatic heterocycles. The van der Waals surface area contributed by atoms with Gasteiger partial charge in [-0.15, -0.1) is 0 Å². The monoisotopic (exact) mass is 331 g/mol. The summed E-state index contributed by atoms with van der Waals surface area (Å²) in [6, 6.07) is 10.3. The molecule has 0 unspecified atom stereocenters. The molecule has 20 heavy (non-hydrogen) atoms. The molecule has 0 bridgehead atoms. The first-order chi connectivity index (χ1) is 9.65. The van der Waals surface area contributed by atoms with Crippen LogP contribution < -0.4 is 5.01 Å². The van der Waals surface area contributed by atoms with Gasteiger partial charge in [0.1, 0.15) is 5.75 Å². The Labute approximate surface area is 123 Å². The summed E-state index contributed by atoms with van der Waals surface area (Å²) in [5, 5.41) is 15.3. The minimum Gasteiger partial charge on any atom is -0.507 e. The van der Waals surface area contributed by atoms with Crippen LogP contribution in [0.5, 0.6) is 5.75 Å². The minimum atomic E-state index is -0.168. The fourth-order valence-electron chi connectivity index (χ4n) is 1.97. The average Bonchev–Trinajstić information content (AvgIpc) is 2.82. The van der Waals surface area contributed by atoms with Gasteiger partial charge in [0.15, 0.2) is 5.82 Å². The number of rotatable bonds is 2. The standard InChI is InChI=1S/C14H10BrN3O2/c15-9-5-6-13(16-8-9)18-14(20)7-11(17-18)10-3-1-2-4-12(10)19/h1-6,8,19H,7H2. The predicted molar refractivity (Wildman–Crippen MR) is 78.7 cm³/mol. The van der Waals surface area contributed by atoms with Gasteiger partial charge in [-0.2, -0.15) is 10.1 Å². The second kappa shape index (κ2) is 5.05. The van der Waals surface area contributed by atoms with E-state index in [-0.39, 0.29) is 18.1 Å². The van der Waals surface area contributed by atoms with Gasteiger partial charge in [-0.25, -0.2) is 4.98 Å². The van der Waals surface area contributed by atoms with Crippen molar-refractivity contribution in [2.45, 2.75) is 6.42 Å². The SMILES string of the molecule is O=C1CC(c2ccccc2O)=NN1c1ccc(Br)cn1. The lowest BCUT2D eigenvalue weighted by Gasteiger charge is -2.09. The summed E-state index contributed by atoms with van der Waals surface area (Å²) in [4.78, 5) is 16.2. The highest BCUT2D eigenvalue weighted by molar-refractivity contribution is 9.10. The molecule has 2 aromatic rings. The topological polar surface area (TPSA) is 65.8 Å². The van der Waals surface area contributed by atoms with Crippen LogP contribution >= 0.6 is 15.9 Å². The number of phenols is 1. The van der Waals surface area contributed by atoms with E-state index in [9.17, 15) is 9.90 Å². The lowest BCUT2D eigenvalue weighted by Crippen LogP contribution is -2.20. The fraction of sp³-hybridized carbons (Fsp3) is 0.0714. The maximum Gasteiger partial charge on any atom is 0.254 e. The predicted octanol–water partition coefficient (Wildman–Crippen LogP) is 2.69. The molecule has 6 heteroatoms. The lowest BCUT2D eigenvalue weighted by molar-refractivity contribution is -0.116. The van der Waals surface area contributed by atoms with Gasteiger partial charge >= 0.3 is 0 Å². The number of phenolic OH excluding ortho intramolecular Hbond substituents is 1. The summed E-state index contributed by atoms with van der Waals surface area (Å²) in [6.07, 6.45) is 1.76. The maximum atomic E-state index is 12.0. The number of benzene rings is 1. The van der Waals surface area contributed by atoms with Crippen molar-refractivity contribution in [3.63, 3.8) is 0 Å². The molecular weight excluding hydrogens is 322 g/mol. The Morgan fingerprint density at radius 3 is 2.70 bits per heavy atom. The highest BCUT2D eigenvalue weighted by Gasteiger charge is 2.28. The number of hydrazone groups is 1. The third kappa shape index (κ3) is 2.30. The van der Waals surface area contributed by atoms with Gasteiger partial charge in [0.25, 0.3) is 5.91 Å². The molecule has 0 saturated carbocycles. The molecular formula is C14H10BrN3O2. The van der Waals surface area contributed by atoms with Gasteiger partial charge in [0.2, 0.25) is 0 Å². The molecule has 100 valence electrons. The van der Waals surface area contributed by atoms with Gasteiger partial charge in [-0.05, 0) is 40.2 Å². The number of aromatic nitrogens is 1. The van der Waals surface area contributed by atoms with Crippen LogP contribution in [0, 0.1) is 0 Å². The number of anilines is 1. The van der Waals surface area contributed by atoms with E-state index >= 15 is 0 Å². The van der Waals surface area contributed by atoms with Crippen molar-refractivity contribution < 1.29 is 9.90 Å². The summed E-state index contributed by atoms with van der Waals surface area (Å²) in [5.41, 5.74) is 1.11. The van der Waals surface area contributed by atoms with Gasteiger partial charge in [0.05, 0.1) is 12.1 Å². The molecule has 1 aliphatic rings.